The van der Waals surface area contributed by atoms with Crippen molar-refractivity contribution in [3.63, 3.8) is 0 Å². The first kappa shape index (κ1) is 14.8. The molecule has 0 saturated heterocycles. The van der Waals surface area contributed by atoms with E-state index in [0.29, 0.717) is 0 Å². The zero-order valence-electron chi connectivity index (χ0n) is 12.2. The summed E-state index contributed by atoms with van der Waals surface area (Å²) in [6, 6.07) is 15.2. The van der Waals surface area contributed by atoms with Gasteiger partial charge in [-0.1, -0.05) is 23.6 Å². The van der Waals surface area contributed by atoms with Gasteiger partial charge < -0.3 is 0 Å². The SMILES string of the molecule is Cc1cccc(C)c1-c1nc2ccc[c-]c2c2ncnn12.[Ir]. The van der Waals surface area contributed by atoms with Crippen molar-refractivity contribution in [1.82, 2.24) is 19.6 Å². The average molecular weight is 466 g/mol. The van der Waals surface area contributed by atoms with Gasteiger partial charge in [-0.15, -0.1) is 24.3 Å². The van der Waals surface area contributed by atoms with Gasteiger partial charge >= 0.3 is 0 Å². The van der Waals surface area contributed by atoms with E-state index in [1.807, 2.05) is 18.2 Å². The van der Waals surface area contributed by atoms with Crippen LogP contribution >= 0.6 is 0 Å². The third-order valence-corrected chi connectivity index (χ3v) is 3.74. The second kappa shape index (κ2) is 5.59. The Labute approximate surface area is 141 Å². The van der Waals surface area contributed by atoms with Crippen LogP contribution in [0.5, 0.6) is 0 Å². The van der Waals surface area contributed by atoms with Gasteiger partial charge in [0.15, 0.2) is 0 Å². The van der Waals surface area contributed by atoms with Crippen LogP contribution in [0.2, 0.25) is 0 Å². The molecule has 0 aliphatic heterocycles. The van der Waals surface area contributed by atoms with Crippen LogP contribution in [0.3, 0.4) is 0 Å². The quantitative estimate of drug-likeness (QED) is 0.405. The first-order valence-electron chi connectivity index (χ1n) is 6.82. The number of hydrogen-bond acceptors (Lipinski definition) is 3. The summed E-state index contributed by atoms with van der Waals surface area (Å²) in [4.78, 5) is 9.17. The smallest absolute Gasteiger partial charge is 0.145 e. The molecular weight excluding hydrogens is 452 g/mol. The molecule has 4 rings (SSSR count). The average Bonchev–Trinajstić information content (AvgIpc) is 2.97. The molecule has 4 aromatic rings. The van der Waals surface area contributed by atoms with E-state index in [4.69, 9.17) is 4.98 Å². The summed E-state index contributed by atoms with van der Waals surface area (Å²) < 4.78 is 1.80. The molecule has 0 amide bonds. The van der Waals surface area contributed by atoms with E-state index in [0.717, 1.165) is 27.9 Å². The molecule has 2 aromatic carbocycles. The molecule has 22 heavy (non-hydrogen) atoms. The van der Waals surface area contributed by atoms with Crippen LogP contribution in [-0.4, -0.2) is 19.6 Å². The largest absolute Gasteiger partial charge is 0.280 e. The summed E-state index contributed by atoms with van der Waals surface area (Å²) >= 11 is 0. The summed E-state index contributed by atoms with van der Waals surface area (Å²) in [6.07, 6.45) is 1.56. The Morgan fingerprint density at radius 1 is 1.05 bits per heavy atom. The van der Waals surface area contributed by atoms with Crippen molar-refractivity contribution in [2.75, 3.05) is 0 Å². The topological polar surface area (TPSA) is 43.1 Å². The van der Waals surface area contributed by atoms with E-state index >= 15 is 0 Å². The zero-order chi connectivity index (χ0) is 14.4. The molecule has 2 aromatic heterocycles. The monoisotopic (exact) mass is 466 g/mol. The Kier molecular flexibility index (Phi) is 3.77. The molecule has 2 heterocycles. The predicted octanol–water partition coefficient (Wildman–Crippen LogP) is 3.36. The van der Waals surface area contributed by atoms with E-state index in [1.54, 1.807) is 10.8 Å². The normalized spacial score (nSPS) is 10.8. The van der Waals surface area contributed by atoms with Crippen molar-refractivity contribution in [2.24, 2.45) is 0 Å². The fourth-order valence-corrected chi connectivity index (χ4v) is 2.76. The third kappa shape index (κ3) is 2.14. The van der Waals surface area contributed by atoms with Crippen molar-refractivity contribution in [1.29, 1.82) is 0 Å². The minimum absolute atomic E-state index is 0. The minimum atomic E-state index is 0. The number of aromatic nitrogens is 4. The Hall–Kier alpha value is -2.10. The molecule has 0 atom stereocenters. The number of hydrogen-bond donors (Lipinski definition) is 0. The van der Waals surface area contributed by atoms with Gasteiger partial charge in [0.2, 0.25) is 0 Å². The second-order valence-corrected chi connectivity index (χ2v) is 5.13. The van der Waals surface area contributed by atoms with Gasteiger partial charge in [-0.3, -0.25) is 9.97 Å². The number of nitrogens with zero attached hydrogens (tertiary/aromatic N) is 4. The molecule has 0 saturated carbocycles. The fraction of sp³-hybridized carbons (Fsp3) is 0.118. The van der Waals surface area contributed by atoms with Gasteiger partial charge in [0.1, 0.15) is 12.2 Å². The molecule has 0 aliphatic carbocycles. The molecular formula is C17H13IrN4-. The third-order valence-electron chi connectivity index (χ3n) is 3.74. The Balaban J connectivity index is 0.00000144. The van der Waals surface area contributed by atoms with E-state index in [1.165, 1.54) is 11.1 Å². The summed E-state index contributed by atoms with van der Waals surface area (Å²) in [5.41, 5.74) is 5.14. The standard InChI is InChI=1S/C17H13N4.Ir/c1-11-6-5-7-12(2)15(11)17-20-14-9-4-3-8-13(14)16-18-10-19-21(16)17;/h3-7,9-10H,1-2H3;/q-1;. The maximum Gasteiger partial charge on any atom is 0.145 e. The number of benzene rings is 2. The van der Waals surface area contributed by atoms with Crippen molar-refractivity contribution in [3.8, 4) is 11.4 Å². The molecule has 111 valence electrons. The van der Waals surface area contributed by atoms with Crippen LogP contribution < -0.4 is 0 Å². The first-order valence-corrected chi connectivity index (χ1v) is 6.82. The molecule has 5 heteroatoms. The molecule has 1 radical (unpaired) electrons. The van der Waals surface area contributed by atoms with Crippen molar-refractivity contribution in [2.45, 2.75) is 13.8 Å². The van der Waals surface area contributed by atoms with E-state index in [9.17, 15) is 0 Å². The molecule has 0 bridgehead atoms. The molecule has 0 aliphatic rings. The molecule has 0 N–H and O–H groups in total. The van der Waals surface area contributed by atoms with Gasteiger partial charge in [-0.2, -0.15) is 5.10 Å². The zero-order valence-corrected chi connectivity index (χ0v) is 14.6. The van der Waals surface area contributed by atoms with E-state index in [-0.39, 0.29) is 20.1 Å². The molecule has 4 nitrogen and oxygen atoms in total. The van der Waals surface area contributed by atoms with Gasteiger partial charge in [-0.05, 0) is 30.5 Å². The maximum absolute atomic E-state index is 4.80. The Morgan fingerprint density at radius 3 is 2.59 bits per heavy atom. The fourth-order valence-electron chi connectivity index (χ4n) is 2.76. The predicted molar refractivity (Wildman–Crippen MR) is 82.0 cm³/mol. The Morgan fingerprint density at radius 2 is 1.82 bits per heavy atom. The van der Waals surface area contributed by atoms with E-state index in [2.05, 4.69) is 48.2 Å². The van der Waals surface area contributed by atoms with Crippen LogP contribution in [0, 0.1) is 19.9 Å². The van der Waals surface area contributed by atoms with Gasteiger partial charge in [0, 0.05) is 25.7 Å². The maximum atomic E-state index is 4.80. The van der Waals surface area contributed by atoms with Crippen molar-refractivity contribution in [3.05, 3.63) is 59.9 Å². The minimum Gasteiger partial charge on any atom is -0.280 e. The van der Waals surface area contributed by atoms with Crippen molar-refractivity contribution >= 4 is 16.6 Å². The van der Waals surface area contributed by atoms with Gasteiger partial charge in [0.05, 0.1) is 5.65 Å². The van der Waals surface area contributed by atoms with Gasteiger partial charge in [-0.25, -0.2) is 4.52 Å². The van der Waals surface area contributed by atoms with Crippen LogP contribution in [-0.2, 0) is 20.1 Å². The summed E-state index contributed by atoms with van der Waals surface area (Å²) in [7, 11) is 0. The summed E-state index contributed by atoms with van der Waals surface area (Å²) in [6.45, 7) is 4.18. The number of aryl methyl sites for hydroxylation is 2. The summed E-state index contributed by atoms with van der Waals surface area (Å²) in [5, 5.41) is 5.24. The second-order valence-electron chi connectivity index (χ2n) is 5.13. The number of fused-ring (bicyclic) bond motifs is 3. The molecule has 0 fully saturated rings. The van der Waals surface area contributed by atoms with Crippen LogP contribution in [0.25, 0.3) is 27.9 Å². The molecule has 0 spiro atoms. The molecule has 0 unspecified atom stereocenters. The first-order chi connectivity index (χ1) is 10.3. The van der Waals surface area contributed by atoms with Crippen LogP contribution in [0.1, 0.15) is 11.1 Å². The van der Waals surface area contributed by atoms with E-state index < -0.39 is 0 Å². The van der Waals surface area contributed by atoms with Crippen molar-refractivity contribution < 1.29 is 20.1 Å². The summed E-state index contributed by atoms with van der Waals surface area (Å²) in [5.74, 6) is 0.824. The van der Waals surface area contributed by atoms with Crippen LogP contribution in [0.4, 0.5) is 0 Å². The van der Waals surface area contributed by atoms with Crippen LogP contribution in [0.15, 0.2) is 42.7 Å². The Bertz CT molecular complexity index is 955. The van der Waals surface area contributed by atoms with Gasteiger partial charge in [0.25, 0.3) is 0 Å². The number of rotatable bonds is 1.